The van der Waals surface area contributed by atoms with E-state index in [4.69, 9.17) is 0 Å². The van der Waals surface area contributed by atoms with Gasteiger partial charge in [-0.25, -0.2) is 0 Å². The second-order valence-corrected chi connectivity index (χ2v) is 5.72. The fourth-order valence-corrected chi connectivity index (χ4v) is 3.26. The van der Waals surface area contributed by atoms with Gasteiger partial charge in [0, 0.05) is 17.5 Å². The van der Waals surface area contributed by atoms with Crippen molar-refractivity contribution in [3.63, 3.8) is 0 Å². The van der Waals surface area contributed by atoms with E-state index in [1.807, 2.05) is 17.7 Å². The molecule has 1 aliphatic heterocycles. The number of thiophene rings is 1. The van der Waals surface area contributed by atoms with Gasteiger partial charge in [-0.3, -0.25) is 4.79 Å². The van der Waals surface area contributed by atoms with Crippen LogP contribution < -0.4 is 10.6 Å². The summed E-state index contributed by atoms with van der Waals surface area (Å²) in [5.41, 5.74) is 1.89. The number of nitrogens with one attached hydrogen (secondary N) is 2. The molecule has 1 aromatic rings. The second kappa shape index (κ2) is 6.55. The molecule has 0 saturated carbocycles. The van der Waals surface area contributed by atoms with Crippen LogP contribution in [0, 0.1) is 12.8 Å². The molecular formula is C13H21ClN2OS. The monoisotopic (exact) mass is 288 g/mol. The molecule has 1 fully saturated rings. The van der Waals surface area contributed by atoms with Gasteiger partial charge in [0.15, 0.2) is 0 Å². The van der Waals surface area contributed by atoms with Gasteiger partial charge in [-0.2, -0.15) is 11.3 Å². The molecule has 2 N–H and O–H groups in total. The van der Waals surface area contributed by atoms with Crippen LogP contribution in [0.4, 0.5) is 0 Å². The third-order valence-corrected chi connectivity index (χ3v) is 4.48. The predicted octanol–water partition coefficient (Wildman–Crippen LogP) is 2.59. The van der Waals surface area contributed by atoms with E-state index in [1.165, 1.54) is 0 Å². The molecule has 3 atom stereocenters. The van der Waals surface area contributed by atoms with Crippen molar-refractivity contribution in [2.45, 2.75) is 39.3 Å². The highest BCUT2D eigenvalue weighted by Crippen LogP contribution is 2.18. The minimum absolute atomic E-state index is 0. The molecule has 3 nitrogen and oxygen atoms in total. The van der Waals surface area contributed by atoms with Gasteiger partial charge < -0.3 is 10.6 Å². The zero-order valence-electron chi connectivity index (χ0n) is 11.0. The van der Waals surface area contributed by atoms with Gasteiger partial charge in [-0.05, 0) is 43.7 Å². The number of carbonyl (C=O) groups excluding carboxylic acids is 1. The van der Waals surface area contributed by atoms with E-state index in [0.717, 1.165) is 24.1 Å². The van der Waals surface area contributed by atoms with Crippen molar-refractivity contribution in [2.24, 2.45) is 5.92 Å². The Balaban J connectivity index is 0.00000162. The fourth-order valence-electron chi connectivity index (χ4n) is 2.43. The van der Waals surface area contributed by atoms with Gasteiger partial charge in [-0.15, -0.1) is 12.4 Å². The molecule has 1 aromatic heterocycles. The fraction of sp³-hybridized carbons (Fsp3) is 0.615. The molecule has 1 amide bonds. The summed E-state index contributed by atoms with van der Waals surface area (Å²) in [6.45, 7) is 7.38. The van der Waals surface area contributed by atoms with E-state index in [-0.39, 0.29) is 24.4 Å². The summed E-state index contributed by atoms with van der Waals surface area (Å²) in [5.74, 6) is 0.602. The first-order valence-electron chi connectivity index (χ1n) is 6.16. The summed E-state index contributed by atoms with van der Waals surface area (Å²) in [6, 6.07) is 0.581. The molecule has 0 radical (unpaired) electrons. The third kappa shape index (κ3) is 3.25. The first-order valence-corrected chi connectivity index (χ1v) is 7.11. The topological polar surface area (TPSA) is 41.1 Å². The molecule has 0 bridgehead atoms. The maximum Gasteiger partial charge on any atom is 0.252 e. The molecule has 18 heavy (non-hydrogen) atoms. The van der Waals surface area contributed by atoms with E-state index in [2.05, 4.69) is 24.5 Å². The Morgan fingerprint density at radius 2 is 2.17 bits per heavy atom. The van der Waals surface area contributed by atoms with Crippen molar-refractivity contribution in [1.29, 1.82) is 0 Å². The molecule has 0 aliphatic carbocycles. The van der Waals surface area contributed by atoms with Crippen LogP contribution >= 0.6 is 23.7 Å². The van der Waals surface area contributed by atoms with Gasteiger partial charge in [0.05, 0.1) is 5.56 Å². The maximum atomic E-state index is 12.2. The highest BCUT2D eigenvalue weighted by atomic mass is 35.5. The summed E-state index contributed by atoms with van der Waals surface area (Å²) in [7, 11) is 0. The van der Waals surface area contributed by atoms with Crippen LogP contribution in [-0.2, 0) is 0 Å². The Morgan fingerprint density at radius 1 is 1.44 bits per heavy atom. The van der Waals surface area contributed by atoms with Gasteiger partial charge in [-0.1, -0.05) is 6.92 Å². The lowest BCUT2D eigenvalue weighted by Crippen LogP contribution is -2.55. The quantitative estimate of drug-likeness (QED) is 0.878. The number of amides is 1. The van der Waals surface area contributed by atoms with Crippen molar-refractivity contribution in [3.8, 4) is 0 Å². The lowest BCUT2D eigenvalue weighted by molar-refractivity contribution is 0.0897. The van der Waals surface area contributed by atoms with Crippen molar-refractivity contribution >= 4 is 29.7 Å². The lowest BCUT2D eigenvalue weighted by Gasteiger charge is -2.36. The molecule has 2 rings (SSSR count). The molecule has 1 aliphatic rings. The van der Waals surface area contributed by atoms with E-state index in [0.29, 0.717) is 12.0 Å². The number of hydrogen-bond acceptors (Lipinski definition) is 3. The zero-order chi connectivity index (χ0) is 12.4. The Labute approximate surface area is 119 Å². The molecular weight excluding hydrogens is 268 g/mol. The molecule has 0 spiro atoms. The minimum atomic E-state index is 0. The largest absolute Gasteiger partial charge is 0.347 e. The Kier molecular flexibility index (Phi) is 5.63. The highest BCUT2D eigenvalue weighted by Gasteiger charge is 2.29. The smallest absolute Gasteiger partial charge is 0.252 e. The van der Waals surface area contributed by atoms with Crippen LogP contribution in [0.2, 0.25) is 0 Å². The van der Waals surface area contributed by atoms with Crippen molar-refractivity contribution < 1.29 is 4.79 Å². The number of rotatable bonds is 2. The van der Waals surface area contributed by atoms with E-state index in [9.17, 15) is 4.79 Å². The van der Waals surface area contributed by atoms with Crippen LogP contribution in [0.1, 0.15) is 36.2 Å². The van der Waals surface area contributed by atoms with E-state index >= 15 is 0 Å². The summed E-state index contributed by atoms with van der Waals surface area (Å²) < 4.78 is 0. The minimum Gasteiger partial charge on any atom is -0.347 e. The number of piperidine rings is 1. The second-order valence-electron chi connectivity index (χ2n) is 4.98. The van der Waals surface area contributed by atoms with Crippen LogP contribution in [0.25, 0.3) is 0 Å². The molecule has 3 unspecified atom stereocenters. The molecule has 5 heteroatoms. The van der Waals surface area contributed by atoms with Gasteiger partial charge >= 0.3 is 0 Å². The molecule has 1 saturated heterocycles. The standard InChI is InChI=1S/C13H20N2OS.ClH/c1-8-4-5-14-10(3)12(8)15-13(16)11-7-17-6-9(11)2;/h6-8,10,12,14H,4-5H2,1-3H3,(H,15,16);1H. The van der Waals surface area contributed by atoms with Crippen molar-refractivity contribution in [2.75, 3.05) is 6.54 Å². The Hall–Kier alpha value is -0.580. The summed E-state index contributed by atoms with van der Waals surface area (Å²) in [5, 5.41) is 10.5. The Bertz CT molecular complexity index is 397. The van der Waals surface area contributed by atoms with Crippen LogP contribution in [0.5, 0.6) is 0 Å². The summed E-state index contributed by atoms with van der Waals surface area (Å²) in [6.07, 6.45) is 1.12. The van der Waals surface area contributed by atoms with Crippen LogP contribution in [0.15, 0.2) is 10.8 Å². The van der Waals surface area contributed by atoms with Crippen LogP contribution in [-0.4, -0.2) is 24.5 Å². The van der Waals surface area contributed by atoms with E-state index in [1.54, 1.807) is 11.3 Å². The average molecular weight is 289 g/mol. The van der Waals surface area contributed by atoms with Crippen molar-refractivity contribution in [1.82, 2.24) is 10.6 Å². The van der Waals surface area contributed by atoms with Gasteiger partial charge in [0.25, 0.3) is 5.91 Å². The first kappa shape index (κ1) is 15.5. The number of halogens is 1. The summed E-state index contributed by atoms with van der Waals surface area (Å²) >= 11 is 1.58. The normalized spacial score (nSPS) is 27.4. The van der Waals surface area contributed by atoms with Gasteiger partial charge in [0.1, 0.15) is 0 Å². The maximum absolute atomic E-state index is 12.2. The first-order chi connectivity index (χ1) is 8.09. The van der Waals surface area contributed by atoms with Crippen molar-refractivity contribution in [3.05, 3.63) is 21.9 Å². The number of aryl methyl sites for hydroxylation is 1. The van der Waals surface area contributed by atoms with Crippen LogP contribution in [0.3, 0.4) is 0 Å². The highest BCUT2D eigenvalue weighted by molar-refractivity contribution is 7.08. The average Bonchev–Trinajstić information content (AvgIpc) is 2.70. The third-order valence-electron chi connectivity index (χ3n) is 3.62. The number of hydrogen-bond donors (Lipinski definition) is 2. The molecule has 102 valence electrons. The van der Waals surface area contributed by atoms with E-state index < -0.39 is 0 Å². The summed E-state index contributed by atoms with van der Waals surface area (Å²) in [4.78, 5) is 12.2. The predicted molar refractivity (Wildman–Crippen MR) is 78.8 cm³/mol. The number of carbonyl (C=O) groups is 1. The Morgan fingerprint density at radius 3 is 2.72 bits per heavy atom. The van der Waals surface area contributed by atoms with Gasteiger partial charge in [0.2, 0.25) is 0 Å². The molecule has 2 heterocycles. The SMILES string of the molecule is Cc1cscc1C(=O)NC1C(C)CCNC1C.Cl. The zero-order valence-corrected chi connectivity index (χ0v) is 12.7. The lowest BCUT2D eigenvalue weighted by atomic mass is 9.89. The molecule has 0 aromatic carbocycles.